The number of hydroxylamine groups is 1. The number of carbonyl (C=O) groups excluding carboxylic acids is 1. The van der Waals surface area contributed by atoms with Gasteiger partial charge in [-0.1, -0.05) is 55.0 Å². The molecular formula is C26H33N5O4S2. The highest BCUT2D eigenvalue weighted by Gasteiger charge is 2.29. The molecule has 37 heavy (non-hydrogen) atoms. The van der Waals surface area contributed by atoms with E-state index in [4.69, 9.17) is 5.21 Å². The molecule has 0 radical (unpaired) electrons. The summed E-state index contributed by atoms with van der Waals surface area (Å²) in [5.74, 6) is -0.612. The number of amides is 1. The Morgan fingerprint density at radius 1 is 1.11 bits per heavy atom. The van der Waals surface area contributed by atoms with Gasteiger partial charge in [-0.05, 0) is 54.9 Å². The Morgan fingerprint density at radius 3 is 2.51 bits per heavy atom. The maximum absolute atomic E-state index is 13.3. The number of hydrogen-bond donors (Lipinski definition) is 2. The number of thiazole rings is 1. The van der Waals surface area contributed by atoms with Crippen molar-refractivity contribution in [3.63, 3.8) is 0 Å². The zero-order chi connectivity index (χ0) is 26.4. The highest BCUT2D eigenvalue weighted by molar-refractivity contribution is 7.89. The standard InChI is InChI=1S/C26H33N5O4S2/c1-3-4-12-29(2)19-20-6-5-7-22(17-20)21-8-10-23(11-9-21)37(34,35)31-15-13-30(14-16-31)26-27-18-24(36-26)25(32)28-33/h5-11,17-18,33H,3-4,12-16,19H2,1-2H3,(H,28,32). The molecule has 0 bridgehead atoms. The molecule has 1 saturated heterocycles. The Kier molecular flexibility index (Phi) is 8.93. The van der Waals surface area contributed by atoms with E-state index in [9.17, 15) is 13.2 Å². The van der Waals surface area contributed by atoms with E-state index in [-0.39, 0.29) is 4.90 Å². The first-order chi connectivity index (χ1) is 17.8. The second-order valence-electron chi connectivity index (χ2n) is 9.16. The zero-order valence-corrected chi connectivity index (χ0v) is 22.8. The first kappa shape index (κ1) is 27.2. The second-order valence-corrected chi connectivity index (χ2v) is 12.1. The summed E-state index contributed by atoms with van der Waals surface area (Å²) in [4.78, 5) is 20.6. The minimum atomic E-state index is -3.63. The number of rotatable bonds is 10. The molecule has 1 aromatic heterocycles. The Bertz CT molecular complexity index is 1300. The van der Waals surface area contributed by atoms with Gasteiger partial charge in [0.15, 0.2) is 5.13 Å². The predicted octanol–water partition coefficient (Wildman–Crippen LogP) is 3.67. The lowest BCUT2D eigenvalue weighted by Crippen LogP contribution is -2.48. The lowest BCUT2D eigenvalue weighted by molar-refractivity contribution is 0.0710. The number of unbranched alkanes of at least 4 members (excludes halogenated alkanes) is 1. The molecule has 4 rings (SSSR count). The van der Waals surface area contributed by atoms with Crippen molar-refractivity contribution in [3.05, 3.63) is 65.2 Å². The first-order valence-corrected chi connectivity index (χ1v) is 14.6. The van der Waals surface area contributed by atoms with E-state index in [2.05, 4.69) is 36.0 Å². The molecule has 1 aliphatic heterocycles. The van der Waals surface area contributed by atoms with Gasteiger partial charge in [-0.15, -0.1) is 0 Å². The number of nitrogens with zero attached hydrogens (tertiary/aromatic N) is 4. The molecule has 9 nitrogen and oxygen atoms in total. The van der Waals surface area contributed by atoms with E-state index >= 15 is 0 Å². The fourth-order valence-corrected chi connectivity index (χ4v) is 6.61. The summed E-state index contributed by atoms with van der Waals surface area (Å²) in [6, 6.07) is 15.5. The maximum Gasteiger partial charge on any atom is 0.286 e. The predicted molar refractivity (Wildman–Crippen MR) is 145 cm³/mol. The van der Waals surface area contributed by atoms with Gasteiger partial charge in [0.05, 0.1) is 11.1 Å². The molecule has 11 heteroatoms. The molecule has 2 heterocycles. The number of aromatic nitrogens is 1. The molecule has 2 aromatic carbocycles. The minimum absolute atomic E-state index is 0.274. The molecule has 1 amide bonds. The van der Waals surface area contributed by atoms with Crippen LogP contribution in [0.3, 0.4) is 0 Å². The topological polar surface area (TPSA) is 106 Å². The van der Waals surface area contributed by atoms with Crippen molar-refractivity contribution in [1.82, 2.24) is 19.7 Å². The van der Waals surface area contributed by atoms with Crippen molar-refractivity contribution in [3.8, 4) is 11.1 Å². The Hall–Kier alpha value is -2.83. The summed E-state index contributed by atoms with van der Waals surface area (Å²) in [6.45, 7) is 5.70. The zero-order valence-electron chi connectivity index (χ0n) is 21.1. The molecule has 0 unspecified atom stereocenters. The molecule has 1 fully saturated rings. The SMILES string of the molecule is CCCCN(C)Cc1cccc(-c2ccc(S(=O)(=O)N3CCN(c4ncc(C(=O)NO)s4)CC3)cc2)c1. The summed E-state index contributed by atoms with van der Waals surface area (Å²) in [5, 5.41) is 9.41. The van der Waals surface area contributed by atoms with Gasteiger partial charge in [-0.25, -0.2) is 18.9 Å². The Morgan fingerprint density at radius 2 is 1.84 bits per heavy atom. The van der Waals surface area contributed by atoms with Crippen molar-refractivity contribution in [1.29, 1.82) is 0 Å². The van der Waals surface area contributed by atoms with Gasteiger partial charge >= 0.3 is 0 Å². The quantitative estimate of drug-likeness (QED) is 0.297. The summed E-state index contributed by atoms with van der Waals surface area (Å²) >= 11 is 1.16. The van der Waals surface area contributed by atoms with Gasteiger partial charge in [-0.3, -0.25) is 10.0 Å². The van der Waals surface area contributed by atoms with Crippen LogP contribution in [0.1, 0.15) is 35.0 Å². The molecule has 198 valence electrons. The number of nitrogens with one attached hydrogen (secondary N) is 1. The van der Waals surface area contributed by atoms with Gasteiger partial charge in [-0.2, -0.15) is 4.31 Å². The van der Waals surface area contributed by atoms with Gasteiger partial charge in [0, 0.05) is 32.7 Å². The summed E-state index contributed by atoms with van der Waals surface area (Å²) in [7, 11) is -1.50. The van der Waals surface area contributed by atoms with E-state index in [1.165, 1.54) is 28.9 Å². The molecular weight excluding hydrogens is 510 g/mol. The molecule has 0 spiro atoms. The van der Waals surface area contributed by atoms with Crippen molar-refractivity contribution >= 4 is 32.4 Å². The van der Waals surface area contributed by atoms with E-state index in [1.54, 1.807) is 17.6 Å². The van der Waals surface area contributed by atoms with Crippen molar-refractivity contribution in [2.75, 3.05) is 44.7 Å². The van der Waals surface area contributed by atoms with E-state index in [0.29, 0.717) is 36.2 Å². The Labute approximate surface area is 222 Å². The molecule has 3 aromatic rings. The fourth-order valence-electron chi connectivity index (χ4n) is 4.33. The molecule has 1 aliphatic rings. The van der Waals surface area contributed by atoms with Gasteiger partial charge in [0.25, 0.3) is 5.91 Å². The van der Waals surface area contributed by atoms with Crippen LogP contribution in [0.2, 0.25) is 0 Å². The number of carbonyl (C=O) groups is 1. The largest absolute Gasteiger partial charge is 0.345 e. The molecule has 0 atom stereocenters. The van der Waals surface area contributed by atoms with Gasteiger partial charge in [0.2, 0.25) is 10.0 Å². The monoisotopic (exact) mass is 543 g/mol. The number of sulfonamides is 1. The van der Waals surface area contributed by atoms with Crippen molar-refractivity contribution in [2.24, 2.45) is 0 Å². The Balaban J connectivity index is 1.39. The normalized spacial score (nSPS) is 14.8. The van der Waals surface area contributed by atoms with Crippen molar-refractivity contribution < 1.29 is 18.4 Å². The number of benzene rings is 2. The molecule has 0 saturated carbocycles. The average molecular weight is 544 g/mol. The van der Waals surface area contributed by atoms with Crippen LogP contribution in [-0.4, -0.2) is 73.5 Å². The fraction of sp³-hybridized carbons (Fsp3) is 0.385. The highest BCUT2D eigenvalue weighted by atomic mass is 32.2. The van der Waals surface area contributed by atoms with Crippen LogP contribution in [0.4, 0.5) is 5.13 Å². The third-order valence-corrected chi connectivity index (χ3v) is 9.40. The van der Waals surface area contributed by atoms with Gasteiger partial charge in [0.1, 0.15) is 4.88 Å². The number of hydrogen-bond acceptors (Lipinski definition) is 8. The first-order valence-electron chi connectivity index (χ1n) is 12.3. The summed E-state index contributed by atoms with van der Waals surface area (Å²) < 4.78 is 28.0. The molecule has 2 N–H and O–H groups in total. The lowest BCUT2D eigenvalue weighted by Gasteiger charge is -2.33. The summed E-state index contributed by atoms with van der Waals surface area (Å²) in [6.07, 6.45) is 3.75. The van der Waals surface area contributed by atoms with Crippen LogP contribution >= 0.6 is 11.3 Å². The third kappa shape index (κ3) is 6.55. The van der Waals surface area contributed by atoms with Crippen LogP contribution in [0.25, 0.3) is 11.1 Å². The van der Waals surface area contributed by atoms with Crippen LogP contribution in [0, 0.1) is 0 Å². The minimum Gasteiger partial charge on any atom is -0.345 e. The third-order valence-electron chi connectivity index (χ3n) is 6.43. The number of anilines is 1. The van der Waals surface area contributed by atoms with Crippen LogP contribution < -0.4 is 10.4 Å². The van der Waals surface area contributed by atoms with Crippen LogP contribution in [0.15, 0.2) is 59.6 Å². The smallest absolute Gasteiger partial charge is 0.286 e. The van der Waals surface area contributed by atoms with Crippen LogP contribution in [-0.2, 0) is 16.6 Å². The summed E-state index contributed by atoms with van der Waals surface area (Å²) in [5.41, 5.74) is 4.87. The number of piperazine rings is 1. The second kappa shape index (κ2) is 12.1. The van der Waals surface area contributed by atoms with E-state index in [1.807, 2.05) is 29.2 Å². The van der Waals surface area contributed by atoms with Crippen molar-refractivity contribution in [2.45, 2.75) is 31.2 Å². The van der Waals surface area contributed by atoms with E-state index in [0.717, 1.165) is 35.6 Å². The average Bonchev–Trinajstić information content (AvgIpc) is 3.42. The van der Waals surface area contributed by atoms with Gasteiger partial charge < -0.3 is 9.80 Å². The lowest BCUT2D eigenvalue weighted by atomic mass is 10.0. The van der Waals surface area contributed by atoms with E-state index < -0.39 is 15.9 Å². The van der Waals surface area contributed by atoms with Crippen LogP contribution in [0.5, 0.6) is 0 Å². The molecule has 0 aliphatic carbocycles. The maximum atomic E-state index is 13.3. The highest BCUT2D eigenvalue weighted by Crippen LogP contribution is 2.27.